The lowest BCUT2D eigenvalue weighted by Crippen LogP contribution is -2.21. The molecule has 0 aliphatic heterocycles. The Kier molecular flexibility index (Phi) is 4.89. The number of unbranched alkanes of at least 4 members (excludes halogenated alkanes) is 1. The van der Waals surface area contributed by atoms with E-state index in [9.17, 15) is 9.59 Å². The largest absolute Gasteiger partial charge is 0.481 e. The number of rotatable bonds is 5. The molecule has 11 heavy (non-hydrogen) atoms. The Bertz CT molecular complexity index is 130. The van der Waals surface area contributed by atoms with Crippen LogP contribution in [0.5, 0.6) is 0 Å². The van der Waals surface area contributed by atoms with Gasteiger partial charge in [0.2, 0.25) is 0 Å². The van der Waals surface area contributed by atoms with Crippen LogP contribution in [-0.4, -0.2) is 28.8 Å². The molecular formula is C6H11NO4. The maximum Gasteiger partial charge on any atom is 0.404 e. The first-order valence-electron chi connectivity index (χ1n) is 3.31. The molecule has 0 saturated carbocycles. The number of carbonyl (C=O) groups is 2. The van der Waals surface area contributed by atoms with Gasteiger partial charge in [0.05, 0.1) is 0 Å². The summed E-state index contributed by atoms with van der Waals surface area (Å²) in [7, 11) is 0. The highest BCUT2D eigenvalue weighted by molar-refractivity contribution is 5.66. The number of nitrogens with one attached hydrogen (secondary N) is 1. The molecule has 0 heterocycles. The summed E-state index contributed by atoms with van der Waals surface area (Å²) in [6, 6.07) is 0. The summed E-state index contributed by atoms with van der Waals surface area (Å²) in [5.41, 5.74) is 0. The third-order valence-corrected chi connectivity index (χ3v) is 1.09. The van der Waals surface area contributed by atoms with Crippen molar-refractivity contribution in [1.29, 1.82) is 0 Å². The minimum absolute atomic E-state index is 0.0985. The van der Waals surface area contributed by atoms with Crippen LogP contribution < -0.4 is 5.32 Å². The van der Waals surface area contributed by atoms with E-state index in [0.717, 1.165) is 0 Å². The van der Waals surface area contributed by atoms with Crippen molar-refractivity contribution in [3.05, 3.63) is 0 Å². The highest BCUT2D eigenvalue weighted by atomic mass is 16.4. The van der Waals surface area contributed by atoms with Crippen molar-refractivity contribution in [3.63, 3.8) is 0 Å². The van der Waals surface area contributed by atoms with Gasteiger partial charge in [-0.1, -0.05) is 0 Å². The van der Waals surface area contributed by atoms with Crippen LogP contribution in [0.1, 0.15) is 19.3 Å². The van der Waals surface area contributed by atoms with Gasteiger partial charge >= 0.3 is 12.1 Å². The zero-order chi connectivity index (χ0) is 8.69. The second-order valence-electron chi connectivity index (χ2n) is 2.08. The second kappa shape index (κ2) is 5.52. The number of carboxylic acid groups (broad SMARTS) is 2. The van der Waals surface area contributed by atoms with E-state index < -0.39 is 12.1 Å². The molecule has 0 bridgehead atoms. The maximum atomic E-state index is 9.96. The summed E-state index contributed by atoms with van der Waals surface area (Å²) in [6.45, 7) is 0.322. The highest BCUT2D eigenvalue weighted by Crippen LogP contribution is 1.92. The number of aliphatic carboxylic acids is 1. The van der Waals surface area contributed by atoms with Crippen LogP contribution in [0.3, 0.4) is 0 Å². The molecular weight excluding hydrogens is 150 g/mol. The minimum Gasteiger partial charge on any atom is -0.481 e. The van der Waals surface area contributed by atoms with Gasteiger partial charge in [-0.15, -0.1) is 0 Å². The van der Waals surface area contributed by atoms with E-state index in [4.69, 9.17) is 10.2 Å². The van der Waals surface area contributed by atoms with Gasteiger partial charge in [-0.3, -0.25) is 4.79 Å². The summed E-state index contributed by atoms with van der Waals surface area (Å²) in [5, 5.41) is 18.4. The molecule has 5 heteroatoms. The highest BCUT2D eigenvalue weighted by Gasteiger charge is 1.96. The van der Waals surface area contributed by atoms with Crippen molar-refractivity contribution >= 4 is 12.1 Å². The molecule has 0 saturated heterocycles. The topological polar surface area (TPSA) is 86.6 Å². The molecule has 0 fully saturated rings. The SMILES string of the molecule is O=C(O)CCCCNC(=O)O. The van der Waals surface area contributed by atoms with Gasteiger partial charge in [0.1, 0.15) is 0 Å². The first kappa shape index (κ1) is 9.74. The van der Waals surface area contributed by atoms with Crippen molar-refractivity contribution in [1.82, 2.24) is 5.32 Å². The van der Waals surface area contributed by atoms with E-state index in [-0.39, 0.29) is 6.42 Å². The summed E-state index contributed by atoms with van der Waals surface area (Å²) in [6.07, 6.45) is 0.107. The number of hydrogen-bond acceptors (Lipinski definition) is 2. The molecule has 64 valence electrons. The molecule has 1 amide bonds. The van der Waals surface area contributed by atoms with Crippen molar-refractivity contribution in [2.24, 2.45) is 0 Å². The van der Waals surface area contributed by atoms with Crippen molar-refractivity contribution in [3.8, 4) is 0 Å². The first-order chi connectivity index (χ1) is 5.13. The lowest BCUT2D eigenvalue weighted by atomic mass is 10.2. The van der Waals surface area contributed by atoms with Gasteiger partial charge in [-0.2, -0.15) is 0 Å². The Hall–Kier alpha value is -1.26. The Balaban J connectivity index is 3.03. The van der Waals surface area contributed by atoms with Gasteiger partial charge in [0.15, 0.2) is 0 Å². The lowest BCUT2D eigenvalue weighted by Gasteiger charge is -1.97. The normalized spacial score (nSPS) is 9.09. The molecule has 3 N–H and O–H groups in total. The molecule has 0 radical (unpaired) electrons. The van der Waals surface area contributed by atoms with Gasteiger partial charge < -0.3 is 15.5 Å². The van der Waals surface area contributed by atoms with Crippen LogP contribution in [0, 0.1) is 0 Å². The molecule has 0 aliphatic carbocycles. The fraction of sp³-hybridized carbons (Fsp3) is 0.667. The van der Waals surface area contributed by atoms with Gasteiger partial charge in [-0.05, 0) is 12.8 Å². The second-order valence-corrected chi connectivity index (χ2v) is 2.08. The fourth-order valence-corrected chi connectivity index (χ4v) is 0.597. The van der Waals surface area contributed by atoms with Crippen molar-refractivity contribution < 1.29 is 19.8 Å². The third kappa shape index (κ3) is 8.74. The van der Waals surface area contributed by atoms with E-state index in [1.165, 1.54) is 0 Å². The number of carboxylic acids is 1. The van der Waals surface area contributed by atoms with Crippen molar-refractivity contribution in [2.75, 3.05) is 6.54 Å². The quantitative estimate of drug-likeness (QED) is 0.512. The molecule has 0 rings (SSSR count). The predicted molar refractivity (Wildman–Crippen MR) is 37.5 cm³/mol. The Morgan fingerprint density at radius 1 is 1.18 bits per heavy atom. The maximum absolute atomic E-state index is 9.96. The minimum atomic E-state index is -1.07. The molecule has 0 spiro atoms. The molecule has 5 nitrogen and oxygen atoms in total. The smallest absolute Gasteiger partial charge is 0.404 e. The van der Waals surface area contributed by atoms with Gasteiger partial charge in [-0.25, -0.2) is 4.79 Å². The standard InChI is InChI=1S/C6H11NO4/c8-5(9)3-1-2-4-7-6(10)11/h7H,1-4H2,(H,8,9)(H,10,11). The zero-order valence-corrected chi connectivity index (χ0v) is 6.04. The van der Waals surface area contributed by atoms with E-state index in [1.54, 1.807) is 0 Å². The molecule has 0 atom stereocenters. The Labute approximate surface area is 64.0 Å². The number of amides is 1. The van der Waals surface area contributed by atoms with Crippen LogP contribution in [0.15, 0.2) is 0 Å². The molecule has 0 aliphatic rings. The lowest BCUT2D eigenvalue weighted by molar-refractivity contribution is -0.137. The van der Waals surface area contributed by atoms with Crippen LogP contribution in [0.2, 0.25) is 0 Å². The molecule has 0 aromatic carbocycles. The van der Waals surface area contributed by atoms with Crippen LogP contribution >= 0.6 is 0 Å². The van der Waals surface area contributed by atoms with Crippen molar-refractivity contribution in [2.45, 2.75) is 19.3 Å². The van der Waals surface area contributed by atoms with E-state index in [0.29, 0.717) is 19.4 Å². The molecule has 0 aromatic heterocycles. The average molecular weight is 161 g/mol. The van der Waals surface area contributed by atoms with E-state index in [2.05, 4.69) is 5.32 Å². The Morgan fingerprint density at radius 2 is 1.82 bits per heavy atom. The Morgan fingerprint density at radius 3 is 2.27 bits per heavy atom. The van der Waals surface area contributed by atoms with E-state index >= 15 is 0 Å². The molecule has 0 unspecified atom stereocenters. The monoisotopic (exact) mass is 161 g/mol. The summed E-state index contributed by atoms with van der Waals surface area (Å²) in [4.78, 5) is 19.8. The average Bonchev–Trinajstić information content (AvgIpc) is 1.85. The van der Waals surface area contributed by atoms with Crippen LogP contribution in [-0.2, 0) is 4.79 Å². The predicted octanol–water partition coefficient (Wildman–Crippen LogP) is 0.509. The van der Waals surface area contributed by atoms with Crippen LogP contribution in [0.4, 0.5) is 4.79 Å². The van der Waals surface area contributed by atoms with Gasteiger partial charge in [0, 0.05) is 13.0 Å². The summed E-state index contributed by atoms with van der Waals surface area (Å²) < 4.78 is 0. The summed E-state index contributed by atoms with van der Waals surface area (Å²) >= 11 is 0. The first-order valence-corrected chi connectivity index (χ1v) is 3.31. The fourth-order valence-electron chi connectivity index (χ4n) is 0.597. The van der Waals surface area contributed by atoms with E-state index in [1.807, 2.05) is 0 Å². The zero-order valence-electron chi connectivity index (χ0n) is 6.04. The third-order valence-electron chi connectivity index (χ3n) is 1.09. The van der Waals surface area contributed by atoms with Crippen LogP contribution in [0.25, 0.3) is 0 Å². The molecule has 0 aromatic rings. The van der Waals surface area contributed by atoms with Gasteiger partial charge in [0.25, 0.3) is 0 Å². The summed E-state index contributed by atoms with van der Waals surface area (Å²) in [5.74, 6) is -0.847. The number of hydrogen-bond donors (Lipinski definition) is 3.